The number of amides is 1. The van der Waals surface area contributed by atoms with Crippen LogP contribution < -0.4 is 4.74 Å². The van der Waals surface area contributed by atoms with E-state index >= 15 is 0 Å². The van der Waals surface area contributed by atoms with Crippen molar-refractivity contribution in [2.45, 2.75) is 31.7 Å². The standard InChI is InChI=1S/C27H28N4O2/c1-33-22-12-9-20(10-13-22)11-14-26(32)30-18-15-21(16-19-30)31-25-8-3-2-6-23(25)29-27(31)24-7-4-5-17-28-24/h2-10,12-13,17,21H,11,14-16,18-19H2,1H3. The molecule has 2 aromatic carbocycles. The fourth-order valence-corrected chi connectivity index (χ4v) is 4.66. The Balaban J connectivity index is 1.27. The molecule has 33 heavy (non-hydrogen) atoms. The Morgan fingerprint density at radius 3 is 2.48 bits per heavy atom. The van der Waals surface area contributed by atoms with Gasteiger partial charge in [0.25, 0.3) is 0 Å². The Labute approximate surface area is 193 Å². The number of aromatic nitrogens is 3. The zero-order chi connectivity index (χ0) is 22.6. The second-order valence-corrected chi connectivity index (χ2v) is 8.47. The highest BCUT2D eigenvalue weighted by Crippen LogP contribution is 2.32. The van der Waals surface area contributed by atoms with Gasteiger partial charge in [-0.25, -0.2) is 4.98 Å². The second kappa shape index (κ2) is 9.45. The highest BCUT2D eigenvalue weighted by molar-refractivity contribution is 5.80. The van der Waals surface area contributed by atoms with Crippen LogP contribution in [-0.2, 0) is 11.2 Å². The van der Waals surface area contributed by atoms with Crippen LogP contribution in [0.1, 0.15) is 30.9 Å². The average molecular weight is 441 g/mol. The molecule has 5 rings (SSSR count). The Hall–Kier alpha value is -3.67. The minimum atomic E-state index is 0.227. The molecule has 0 N–H and O–H groups in total. The molecule has 1 fully saturated rings. The highest BCUT2D eigenvalue weighted by Gasteiger charge is 2.27. The van der Waals surface area contributed by atoms with Crippen molar-refractivity contribution in [2.24, 2.45) is 0 Å². The van der Waals surface area contributed by atoms with Crippen molar-refractivity contribution in [3.63, 3.8) is 0 Å². The minimum absolute atomic E-state index is 0.227. The van der Waals surface area contributed by atoms with E-state index in [9.17, 15) is 4.79 Å². The van der Waals surface area contributed by atoms with Crippen molar-refractivity contribution in [3.05, 3.63) is 78.5 Å². The topological polar surface area (TPSA) is 60.2 Å². The molecule has 1 saturated heterocycles. The molecule has 6 nitrogen and oxygen atoms in total. The van der Waals surface area contributed by atoms with Crippen LogP contribution in [0.3, 0.4) is 0 Å². The summed E-state index contributed by atoms with van der Waals surface area (Å²) < 4.78 is 7.54. The smallest absolute Gasteiger partial charge is 0.222 e. The summed E-state index contributed by atoms with van der Waals surface area (Å²) in [6.45, 7) is 1.53. The summed E-state index contributed by atoms with van der Waals surface area (Å²) in [6, 6.07) is 22.4. The molecule has 0 unspecified atom stereocenters. The van der Waals surface area contributed by atoms with Crippen LogP contribution in [0.2, 0.25) is 0 Å². The molecule has 1 aliphatic heterocycles. The van der Waals surface area contributed by atoms with Crippen LogP contribution in [-0.4, -0.2) is 45.5 Å². The van der Waals surface area contributed by atoms with Crippen molar-refractivity contribution in [3.8, 4) is 17.3 Å². The van der Waals surface area contributed by atoms with E-state index in [2.05, 4.69) is 27.8 Å². The number of aryl methyl sites for hydroxylation is 1. The van der Waals surface area contributed by atoms with E-state index in [1.165, 1.54) is 0 Å². The van der Waals surface area contributed by atoms with Crippen LogP contribution >= 0.6 is 0 Å². The molecule has 0 atom stereocenters. The van der Waals surface area contributed by atoms with E-state index in [0.29, 0.717) is 12.5 Å². The summed E-state index contributed by atoms with van der Waals surface area (Å²) in [7, 11) is 1.66. The fourth-order valence-electron chi connectivity index (χ4n) is 4.66. The van der Waals surface area contributed by atoms with Crippen molar-refractivity contribution in [1.29, 1.82) is 0 Å². The van der Waals surface area contributed by atoms with E-state index in [0.717, 1.165) is 66.2 Å². The first-order chi connectivity index (χ1) is 16.2. The summed E-state index contributed by atoms with van der Waals surface area (Å²) in [6.07, 6.45) is 4.91. The number of methoxy groups -OCH3 is 1. The van der Waals surface area contributed by atoms with Gasteiger partial charge in [0, 0.05) is 31.7 Å². The van der Waals surface area contributed by atoms with Gasteiger partial charge in [0.05, 0.1) is 18.1 Å². The summed E-state index contributed by atoms with van der Waals surface area (Å²) >= 11 is 0. The predicted octanol–water partition coefficient (Wildman–Crippen LogP) is 4.90. The number of likely N-dealkylation sites (tertiary alicyclic amines) is 1. The van der Waals surface area contributed by atoms with Crippen molar-refractivity contribution >= 4 is 16.9 Å². The normalized spacial score (nSPS) is 14.5. The molecule has 1 amide bonds. The van der Waals surface area contributed by atoms with Gasteiger partial charge in [0.15, 0.2) is 5.82 Å². The number of hydrogen-bond donors (Lipinski definition) is 0. The van der Waals surface area contributed by atoms with Crippen LogP contribution in [0, 0.1) is 0 Å². The molecule has 4 aromatic rings. The van der Waals surface area contributed by atoms with Gasteiger partial charge in [-0.2, -0.15) is 0 Å². The molecule has 0 radical (unpaired) electrons. The SMILES string of the molecule is COc1ccc(CCC(=O)N2CCC(n3c(-c4ccccn4)nc4ccccc43)CC2)cc1. The zero-order valence-corrected chi connectivity index (χ0v) is 18.9. The number of imidazole rings is 1. The van der Waals surface area contributed by atoms with E-state index in [-0.39, 0.29) is 5.91 Å². The number of carbonyl (C=O) groups is 1. The number of para-hydroxylation sites is 2. The van der Waals surface area contributed by atoms with Gasteiger partial charge < -0.3 is 14.2 Å². The lowest BCUT2D eigenvalue weighted by atomic mass is 10.0. The first-order valence-electron chi connectivity index (χ1n) is 11.5. The largest absolute Gasteiger partial charge is 0.497 e. The lowest BCUT2D eigenvalue weighted by molar-refractivity contribution is -0.132. The number of benzene rings is 2. The van der Waals surface area contributed by atoms with E-state index in [1.807, 2.05) is 59.6 Å². The monoisotopic (exact) mass is 440 g/mol. The van der Waals surface area contributed by atoms with Gasteiger partial charge in [-0.1, -0.05) is 30.3 Å². The molecular formula is C27H28N4O2. The molecule has 0 bridgehead atoms. The van der Waals surface area contributed by atoms with Gasteiger partial charge >= 0.3 is 0 Å². The van der Waals surface area contributed by atoms with Crippen molar-refractivity contribution < 1.29 is 9.53 Å². The average Bonchev–Trinajstić information content (AvgIpc) is 3.28. The summed E-state index contributed by atoms with van der Waals surface area (Å²) in [5, 5.41) is 0. The maximum Gasteiger partial charge on any atom is 0.222 e. The number of rotatable bonds is 6. The van der Waals surface area contributed by atoms with Crippen LogP contribution in [0.5, 0.6) is 5.75 Å². The first kappa shape index (κ1) is 21.2. The molecule has 168 valence electrons. The number of piperidine rings is 1. The lowest BCUT2D eigenvalue weighted by Gasteiger charge is -2.33. The molecule has 2 aromatic heterocycles. The number of carbonyl (C=O) groups excluding carboxylic acids is 1. The third-order valence-corrected chi connectivity index (χ3v) is 6.46. The van der Waals surface area contributed by atoms with E-state index < -0.39 is 0 Å². The Kier molecular flexibility index (Phi) is 6.07. The van der Waals surface area contributed by atoms with Crippen LogP contribution in [0.4, 0.5) is 0 Å². The predicted molar refractivity (Wildman–Crippen MR) is 129 cm³/mol. The van der Waals surface area contributed by atoms with Crippen molar-refractivity contribution in [2.75, 3.05) is 20.2 Å². The summed E-state index contributed by atoms with van der Waals surface area (Å²) in [5.41, 5.74) is 4.15. The van der Waals surface area contributed by atoms with Gasteiger partial charge in [-0.15, -0.1) is 0 Å². The number of nitrogens with zero attached hydrogens (tertiary/aromatic N) is 4. The van der Waals surface area contributed by atoms with Gasteiger partial charge in [0.2, 0.25) is 5.91 Å². The quantitative estimate of drug-likeness (QED) is 0.428. The third kappa shape index (κ3) is 4.46. The molecule has 6 heteroatoms. The Morgan fingerprint density at radius 1 is 1.00 bits per heavy atom. The van der Waals surface area contributed by atoms with Gasteiger partial charge in [-0.3, -0.25) is 9.78 Å². The number of pyridine rings is 1. The zero-order valence-electron chi connectivity index (χ0n) is 18.9. The number of fused-ring (bicyclic) bond motifs is 1. The molecule has 0 saturated carbocycles. The highest BCUT2D eigenvalue weighted by atomic mass is 16.5. The van der Waals surface area contributed by atoms with Gasteiger partial charge in [0.1, 0.15) is 11.4 Å². The van der Waals surface area contributed by atoms with E-state index in [4.69, 9.17) is 9.72 Å². The minimum Gasteiger partial charge on any atom is -0.497 e. The molecule has 1 aliphatic rings. The lowest BCUT2D eigenvalue weighted by Crippen LogP contribution is -2.39. The van der Waals surface area contributed by atoms with Crippen LogP contribution in [0.25, 0.3) is 22.6 Å². The van der Waals surface area contributed by atoms with Crippen molar-refractivity contribution in [1.82, 2.24) is 19.4 Å². The maximum atomic E-state index is 12.9. The third-order valence-electron chi connectivity index (χ3n) is 6.46. The van der Waals surface area contributed by atoms with E-state index in [1.54, 1.807) is 7.11 Å². The number of hydrogen-bond acceptors (Lipinski definition) is 4. The van der Waals surface area contributed by atoms with Crippen LogP contribution in [0.15, 0.2) is 72.9 Å². The molecular weight excluding hydrogens is 412 g/mol. The van der Waals surface area contributed by atoms with Gasteiger partial charge in [-0.05, 0) is 61.2 Å². The Bertz CT molecular complexity index is 1230. The maximum absolute atomic E-state index is 12.9. The molecule has 0 aliphatic carbocycles. The second-order valence-electron chi connectivity index (χ2n) is 8.47. The summed E-state index contributed by atoms with van der Waals surface area (Å²) in [4.78, 5) is 24.3. The number of ether oxygens (including phenoxy) is 1. The fraction of sp³-hybridized carbons (Fsp3) is 0.296. The Morgan fingerprint density at radius 2 is 1.76 bits per heavy atom. The first-order valence-corrected chi connectivity index (χ1v) is 11.5. The summed E-state index contributed by atoms with van der Waals surface area (Å²) in [5.74, 6) is 1.97. The molecule has 3 heterocycles. The molecule has 0 spiro atoms.